The van der Waals surface area contributed by atoms with Crippen molar-refractivity contribution in [2.75, 3.05) is 11.9 Å². The van der Waals surface area contributed by atoms with E-state index in [9.17, 15) is 9.59 Å². The molecule has 2 amide bonds. The van der Waals surface area contributed by atoms with Crippen molar-refractivity contribution in [1.82, 2.24) is 15.1 Å². The Labute approximate surface area is 161 Å². The third-order valence-corrected chi connectivity index (χ3v) is 4.35. The molecule has 1 atom stereocenters. The van der Waals surface area contributed by atoms with Crippen molar-refractivity contribution in [3.05, 3.63) is 46.1 Å². The van der Waals surface area contributed by atoms with E-state index in [1.54, 1.807) is 35.1 Å². The summed E-state index contributed by atoms with van der Waals surface area (Å²) in [5, 5.41) is 10.5. The maximum atomic E-state index is 12.1. The van der Waals surface area contributed by atoms with Crippen LogP contribution in [0.3, 0.4) is 0 Å². The second kappa shape index (κ2) is 9.02. The Kier molecular flexibility index (Phi) is 7.02. The normalized spacial score (nSPS) is 12.1. The zero-order valence-corrected chi connectivity index (χ0v) is 16.0. The molecule has 1 aromatic carbocycles. The lowest BCUT2D eigenvalue weighted by Crippen LogP contribution is -2.46. The Bertz CT molecular complexity index is 791. The molecule has 1 aromatic heterocycles. The van der Waals surface area contributed by atoms with Gasteiger partial charge < -0.3 is 16.4 Å². The number of aromatic nitrogens is 2. The number of anilines is 1. The fraction of sp³-hybridized carbons (Fsp3) is 0.353. The molecule has 0 spiro atoms. The van der Waals surface area contributed by atoms with E-state index in [4.69, 9.17) is 28.9 Å². The van der Waals surface area contributed by atoms with Crippen LogP contribution in [0.4, 0.5) is 5.82 Å². The van der Waals surface area contributed by atoms with Crippen molar-refractivity contribution in [3.63, 3.8) is 0 Å². The van der Waals surface area contributed by atoms with Gasteiger partial charge in [-0.2, -0.15) is 5.10 Å². The second-order valence-corrected chi connectivity index (χ2v) is 6.99. The molecule has 1 heterocycles. The molecule has 0 fully saturated rings. The Morgan fingerprint density at radius 3 is 2.65 bits per heavy atom. The quantitative estimate of drug-likeness (QED) is 0.666. The van der Waals surface area contributed by atoms with E-state index < -0.39 is 6.04 Å². The Balaban J connectivity index is 1.95. The third kappa shape index (κ3) is 5.45. The van der Waals surface area contributed by atoms with Gasteiger partial charge in [0.1, 0.15) is 5.82 Å². The number of benzene rings is 1. The minimum atomic E-state index is -0.652. The van der Waals surface area contributed by atoms with E-state index in [1.807, 2.05) is 13.8 Å². The van der Waals surface area contributed by atoms with Crippen molar-refractivity contribution in [3.8, 4) is 0 Å². The van der Waals surface area contributed by atoms with Crippen LogP contribution < -0.4 is 16.4 Å². The first-order chi connectivity index (χ1) is 12.3. The lowest BCUT2D eigenvalue weighted by atomic mass is 10.1. The molecular formula is C17H21Cl2N5O2. The van der Waals surface area contributed by atoms with E-state index in [0.717, 1.165) is 5.56 Å². The van der Waals surface area contributed by atoms with Gasteiger partial charge in [0.25, 0.3) is 0 Å². The van der Waals surface area contributed by atoms with Crippen LogP contribution in [0.5, 0.6) is 0 Å². The summed E-state index contributed by atoms with van der Waals surface area (Å²) in [4.78, 5) is 23.9. The van der Waals surface area contributed by atoms with E-state index in [0.29, 0.717) is 22.4 Å². The maximum Gasteiger partial charge on any atom is 0.244 e. The summed E-state index contributed by atoms with van der Waals surface area (Å²) >= 11 is 12.1. The Morgan fingerprint density at radius 2 is 2.00 bits per heavy atom. The zero-order chi connectivity index (χ0) is 19.3. The number of carbonyl (C=O) groups is 2. The smallest absolute Gasteiger partial charge is 0.244 e. The van der Waals surface area contributed by atoms with E-state index >= 15 is 0 Å². The van der Waals surface area contributed by atoms with Gasteiger partial charge in [0.15, 0.2) is 0 Å². The van der Waals surface area contributed by atoms with Gasteiger partial charge in [-0.3, -0.25) is 9.59 Å². The largest absolute Gasteiger partial charge is 0.346 e. The topological polar surface area (TPSA) is 102 Å². The molecule has 2 rings (SSSR count). The number of rotatable bonds is 7. The summed E-state index contributed by atoms with van der Waals surface area (Å²) in [6, 6.07) is 6.18. The molecule has 0 bridgehead atoms. The fourth-order valence-corrected chi connectivity index (χ4v) is 2.62. The summed E-state index contributed by atoms with van der Waals surface area (Å²) in [6.45, 7) is 3.87. The summed E-state index contributed by atoms with van der Waals surface area (Å²) in [5.41, 5.74) is 6.55. The molecule has 0 saturated heterocycles. The SMILES string of the molecule is CC(C)[C@H](N)C(=O)NCC(=O)Nc1ccnn1Cc1ccc(Cl)cc1Cl. The standard InChI is InChI=1S/C17H21Cl2N5O2/c1-10(2)16(20)17(26)21-8-15(25)23-14-5-6-22-24(14)9-11-3-4-12(18)7-13(11)19/h3-7,10,16H,8-9,20H2,1-2H3,(H,21,26)(H,23,25)/t16-/m0/s1. The van der Waals surface area contributed by atoms with Gasteiger partial charge in [0, 0.05) is 16.1 Å². The lowest BCUT2D eigenvalue weighted by molar-refractivity contribution is -0.125. The number of amides is 2. The van der Waals surface area contributed by atoms with Gasteiger partial charge in [0.2, 0.25) is 11.8 Å². The highest BCUT2D eigenvalue weighted by Crippen LogP contribution is 2.22. The van der Waals surface area contributed by atoms with Crippen molar-refractivity contribution < 1.29 is 9.59 Å². The molecule has 0 unspecified atom stereocenters. The highest BCUT2D eigenvalue weighted by Gasteiger charge is 2.18. The van der Waals surface area contributed by atoms with Crippen molar-refractivity contribution in [1.29, 1.82) is 0 Å². The zero-order valence-electron chi connectivity index (χ0n) is 14.5. The van der Waals surface area contributed by atoms with Crippen molar-refractivity contribution in [2.24, 2.45) is 11.7 Å². The molecule has 2 aromatic rings. The van der Waals surface area contributed by atoms with E-state index in [1.165, 1.54) is 0 Å². The summed E-state index contributed by atoms with van der Waals surface area (Å²) in [7, 11) is 0. The van der Waals surface area contributed by atoms with Crippen LogP contribution in [0.15, 0.2) is 30.5 Å². The van der Waals surface area contributed by atoms with Crippen LogP contribution in [-0.4, -0.2) is 34.2 Å². The molecule has 4 N–H and O–H groups in total. The van der Waals surface area contributed by atoms with Crippen molar-refractivity contribution in [2.45, 2.75) is 26.4 Å². The predicted molar refractivity (Wildman–Crippen MR) is 102 cm³/mol. The van der Waals surface area contributed by atoms with Crippen LogP contribution in [0.1, 0.15) is 19.4 Å². The Hall–Kier alpha value is -2.09. The molecule has 140 valence electrons. The van der Waals surface area contributed by atoms with Gasteiger partial charge >= 0.3 is 0 Å². The number of hydrogen-bond donors (Lipinski definition) is 3. The van der Waals surface area contributed by atoms with Gasteiger partial charge in [-0.05, 0) is 23.6 Å². The first-order valence-corrected chi connectivity index (χ1v) is 8.82. The maximum absolute atomic E-state index is 12.1. The number of nitrogens with two attached hydrogens (primary N) is 1. The fourth-order valence-electron chi connectivity index (χ4n) is 2.15. The monoisotopic (exact) mass is 397 g/mol. The molecule has 9 heteroatoms. The molecule has 26 heavy (non-hydrogen) atoms. The van der Waals surface area contributed by atoms with Crippen LogP contribution in [0, 0.1) is 5.92 Å². The molecule has 7 nitrogen and oxygen atoms in total. The van der Waals surface area contributed by atoms with Gasteiger partial charge in [-0.25, -0.2) is 4.68 Å². The number of carbonyl (C=O) groups excluding carboxylic acids is 2. The van der Waals surface area contributed by atoms with E-state index in [2.05, 4.69) is 15.7 Å². The van der Waals surface area contributed by atoms with Crippen LogP contribution >= 0.6 is 23.2 Å². The average Bonchev–Trinajstić information content (AvgIpc) is 3.01. The van der Waals surface area contributed by atoms with Crippen molar-refractivity contribution >= 4 is 40.8 Å². The average molecular weight is 398 g/mol. The second-order valence-electron chi connectivity index (χ2n) is 6.15. The highest BCUT2D eigenvalue weighted by atomic mass is 35.5. The first-order valence-electron chi connectivity index (χ1n) is 8.06. The molecule has 0 saturated carbocycles. The van der Waals surface area contributed by atoms with E-state index in [-0.39, 0.29) is 24.3 Å². The molecular weight excluding hydrogens is 377 g/mol. The predicted octanol–water partition coefficient (Wildman–Crippen LogP) is 2.28. The summed E-state index contributed by atoms with van der Waals surface area (Å²) < 4.78 is 1.59. The number of halogens is 2. The summed E-state index contributed by atoms with van der Waals surface area (Å²) in [6.07, 6.45) is 1.56. The first kappa shape index (κ1) is 20.2. The Morgan fingerprint density at radius 1 is 1.27 bits per heavy atom. The lowest BCUT2D eigenvalue weighted by Gasteiger charge is -2.15. The minimum Gasteiger partial charge on any atom is -0.346 e. The molecule has 0 aliphatic carbocycles. The van der Waals surface area contributed by atoms with Gasteiger partial charge in [-0.15, -0.1) is 0 Å². The molecule has 0 aliphatic rings. The number of nitrogens with zero attached hydrogens (tertiary/aromatic N) is 2. The minimum absolute atomic E-state index is 0.0105. The number of hydrogen-bond acceptors (Lipinski definition) is 4. The van der Waals surface area contributed by atoms with Gasteiger partial charge in [-0.1, -0.05) is 43.1 Å². The van der Waals surface area contributed by atoms with Crippen LogP contribution in [0.25, 0.3) is 0 Å². The van der Waals surface area contributed by atoms with Crippen LogP contribution in [-0.2, 0) is 16.1 Å². The van der Waals surface area contributed by atoms with Gasteiger partial charge in [0.05, 0.1) is 25.3 Å². The number of nitrogens with one attached hydrogen (secondary N) is 2. The van der Waals surface area contributed by atoms with Crippen LogP contribution in [0.2, 0.25) is 10.0 Å². The molecule has 0 radical (unpaired) electrons. The molecule has 0 aliphatic heterocycles. The highest BCUT2D eigenvalue weighted by molar-refractivity contribution is 6.35. The third-order valence-electron chi connectivity index (χ3n) is 3.76. The summed E-state index contributed by atoms with van der Waals surface area (Å²) in [5.74, 6) is -0.262.